The SMILES string of the molecule is CCCN(c1nc(C(C)CC)c(CNC(C)C)s1)C(C)C. The van der Waals surface area contributed by atoms with Crippen LogP contribution in [0.15, 0.2) is 0 Å². The Bertz CT molecular complexity index is 412. The van der Waals surface area contributed by atoms with Crippen LogP contribution in [0.5, 0.6) is 0 Å². The van der Waals surface area contributed by atoms with Crippen LogP contribution in [0, 0.1) is 0 Å². The summed E-state index contributed by atoms with van der Waals surface area (Å²) in [5.74, 6) is 0.537. The Balaban J connectivity index is 3.05. The molecule has 0 saturated heterocycles. The van der Waals surface area contributed by atoms with E-state index in [0.717, 1.165) is 25.9 Å². The molecule has 21 heavy (non-hydrogen) atoms. The Morgan fingerprint density at radius 1 is 1.14 bits per heavy atom. The average Bonchev–Trinajstić information content (AvgIpc) is 2.85. The fraction of sp³-hybridized carbons (Fsp3) is 0.824. The Morgan fingerprint density at radius 3 is 2.29 bits per heavy atom. The van der Waals surface area contributed by atoms with Gasteiger partial charge in [0.25, 0.3) is 0 Å². The van der Waals surface area contributed by atoms with E-state index in [0.29, 0.717) is 18.0 Å². The molecule has 0 bridgehead atoms. The fourth-order valence-corrected chi connectivity index (χ4v) is 3.58. The van der Waals surface area contributed by atoms with Crippen LogP contribution in [-0.2, 0) is 6.54 Å². The van der Waals surface area contributed by atoms with Gasteiger partial charge < -0.3 is 10.2 Å². The highest BCUT2D eigenvalue weighted by Gasteiger charge is 2.20. The van der Waals surface area contributed by atoms with E-state index in [9.17, 15) is 0 Å². The van der Waals surface area contributed by atoms with Crippen LogP contribution in [0.4, 0.5) is 5.13 Å². The molecule has 4 heteroatoms. The number of nitrogens with one attached hydrogen (secondary N) is 1. The standard InChI is InChI=1S/C17H33N3S/c1-8-10-20(13(5)6)17-19-16(14(7)9-2)15(21-17)11-18-12(3)4/h12-14,18H,8-11H2,1-7H3. The molecule has 0 amide bonds. The number of aromatic nitrogens is 1. The van der Waals surface area contributed by atoms with Crippen LogP contribution >= 0.6 is 11.3 Å². The third-order valence-corrected chi connectivity index (χ3v) is 4.91. The van der Waals surface area contributed by atoms with E-state index in [4.69, 9.17) is 4.98 Å². The van der Waals surface area contributed by atoms with Gasteiger partial charge in [-0.2, -0.15) is 0 Å². The zero-order valence-corrected chi connectivity index (χ0v) is 15.7. The number of hydrogen-bond acceptors (Lipinski definition) is 4. The third kappa shape index (κ3) is 5.26. The molecule has 3 nitrogen and oxygen atoms in total. The van der Waals surface area contributed by atoms with Crippen LogP contribution in [0.2, 0.25) is 0 Å². The van der Waals surface area contributed by atoms with E-state index in [2.05, 4.69) is 58.7 Å². The summed E-state index contributed by atoms with van der Waals surface area (Å²) in [5, 5.41) is 4.74. The van der Waals surface area contributed by atoms with Gasteiger partial charge in [-0.05, 0) is 32.6 Å². The van der Waals surface area contributed by atoms with Crippen molar-refractivity contribution in [2.75, 3.05) is 11.4 Å². The van der Waals surface area contributed by atoms with Crippen molar-refractivity contribution in [3.05, 3.63) is 10.6 Å². The lowest BCUT2D eigenvalue weighted by atomic mass is 10.0. The lowest BCUT2D eigenvalue weighted by molar-refractivity contribution is 0.584. The molecule has 0 aromatic carbocycles. The molecule has 1 N–H and O–H groups in total. The number of rotatable bonds is 9. The summed E-state index contributed by atoms with van der Waals surface area (Å²) in [6, 6.07) is 1.02. The van der Waals surface area contributed by atoms with Gasteiger partial charge in [0.1, 0.15) is 0 Å². The minimum atomic E-state index is 0.506. The lowest BCUT2D eigenvalue weighted by Gasteiger charge is -2.25. The number of thiazole rings is 1. The molecule has 0 aliphatic carbocycles. The van der Waals surface area contributed by atoms with E-state index < -0.39 is 0 Å². The predicted octanol–water partition coefficient (Wildman–Crippen LogP) is 4.78. The maximum absolute atomic E-state index is 5.00. The average molecular weight is 312 g/mol. The quantitative estimate of drug-likeness (QED) is 0.711. The molecule has 1 aromatic heterocycles. The normalized spacial score (nSPS) is 13.2. The Labute approximate surface area is 135 Å². The topological polar surface area (TPSA) is 28.2 Å². The fourth-order valence-electron chi connectivity index (χ4n) is 2.29. The highest BCUT2D eigenvalue weighted by atomic mass is 32.1. The first-order valence-electron chi connectivity index (χ1n) is 8.40. The van der Waals surface area contributed by atoms with Crippen molar-refractivity contribution in [3.63, 3.8) is 0 Å². The van der Waals surface area contributed by atoms with Crippen molar-refractivity contribution in [2.24, 2.45) is 0 Å². The summed E-state index contributed by atoms with van der Waals surface area (Å²) in [6.45, 7) is 17.7. The van der Waals surface area contributed by atoms with Crippen LogP contribution in [0.25, 0.3) is 0 Å². The minimum Gasteiger partial charge on any atom is -0.346 e. The second kappa shape index (κ2) is 8.74. The first-order chi connectivity index (χ1) is 9.90. The first kappa shape index (κ1) is 18.4. The molecule has 1 heterocycles. The monoisotopic (exact) mass is 311 g/mol. The molecule has 0 fully saturated rings. The summed E-state index contributed by atoms with van der Waals surface area (Å²) in [6.07, 6.45) is 2.31. The third-order valence-electron chi connectivity index (χ3n) is 3.80. The molecule has 0 aliphatic rings. The van der Waals surface area contributed by atoms with Crippen molar-refractivity contribution in [1.82, 2.24) is 10.3 Å². The molecule has 122 valence electrons. The largest absolute Gasteiger partial charge is 0.346 e. The smallest absolute Gasteiger partial charge is 0.186 e. The molecule has 1 rings (SSSR count). The molecule has 0 saturated carbocycles. The molecule has 1 unspecified atom stereocenters. The van der Waals surface area contributed by atoms with E-state index in [1.807, 2.05) is 11.3 Å². The van der Waals surface area contributed by atoms with Crippen LogP contribution in [0.1, 0.15) is 77.8 Å². The van der Waals surface area contributed by atoms with Gasteiger partial charge in [0, 0.05) is 30.1 Å². The Hall–Kier alpha value is -0.610. The summed E-state index contributed by atoms with van der Waals surface area (Å²) in [7, 11) is 0. The Morgan fingerprint density at radius 2 is 1.81 bits per heavy atom. The van der Waals surface area contributed by atoms with E-state index in [1.165, 1.54) is 15.7 Å². The number of nitrogens with zero attached hydrogens (tertiary/aromatic N) is 2. The summed E-state index contributed by atoms with van der Waals surface area (Å²) in [4.78, 5) is 8.86. The van der Waals surface area contributed by atoms with E-state index in [1.54, 1.807) is 0 Å². The van der Waals surface area contributed by atoms with Crippen LogP contribution in [0.3, 0.4) is 0 Å². The molecule has 1 aromatic rings. The van der Waals surface area contributed by atoms with E-state index in [-0.39, 0.29) is 0 Å². The highest BCUT2D eigenvalue weighted by molar-refractivity contribution is 7.15. The number of anilines is 1. The zero-order valence-electron chi connectivity index (χ0n) is 14.9. The molecule has 0 spiro atoms. The van der Waals surface area contributed by atoms with Gasteiger partial charge in [0.05, 0.1) is 5.69 Å². The van der Waals surface area contributed by atoms with Gasteiger partial charge in [0.15, 0.2) is 5.13 Å². The molecular weight excluding hydrogens is 278 g/mol. The van der Waals surface area contributed by atoms with Crippen molar-refractivity contribution < 1.29 is 0 Å². The van der Waals surface area contributed by atoms with Crippen molar-refractivity contribution in [3.8, 4) is 0 Å². The van der Waals surface area contributed by atoms with Crippen LogP contribution in [-0.4, -0.2) is 23.6 Å². The minimum absolute atomic E-state index is 0.506. The molecular formula is C17H33N3S. The summed E-state index contributed by atoms with van der Waals surface area (Å²) in [5.41, 5.74) is 1.30. The van der Waals surface area contributed by atoms with Gasteiger partial charge in [0.2, 0.25) is 0 Å². The van der Waals surface area contributed by atoms with Gasteiger partial charge in [-0.1, -0.05) is 34.6 Å². The maximum Gasteiger partial charge on any atom is 0.186 e. The predicted molar refractivity (Wildman–Crippen MR) is 95.6 cm³/mol. The zero-order chi connectivity index (χ0) is 16.0. The van der Waals surface area contributed by atoms with Crippen molar-refractivity contribution >= 4 is 16.5 Å². The first-order valence-corrected chi connectivity index (χ1v) is 9.21. The summed E-state index contributed by atoms with van der Waals surface area (Å²) >= 11 is 1.87. The number of hydrogen-bond donors (Lipinski definition) is 1. The Kier molecular flexibility index (Phi) is 7.67. The maximum atomic E-state index is 5.00. The molecule has 0 aliphatic heterocycles. The highest BCUT2D eigenvalue weighted by Crippen LogP contribution is 2.33. The van der Waals surface area contributed by atoms with Gasteiger partial charge in [-0.15, -0.1) is 11.3 Å². The molecule has 1 atom stereocenters. The lowest BCUT2D eigenvalue weighted by Crippen LogP contribution is -2.31. The van der Waals surface area contributed by atoms with Gasteiger partial charge in [-0.3, -0.25) is 0 Å². The van der Waals surface area contributed by atoms with Crippen LogP contribution < -0.4 is 10.2 Å². The van der Waals surface area contributed by atoms with Gasteiger partial charge in [-0.25, -0.2) is 4.98 Å². The second-order valence-corrected chi connectivity index (χ2v) is 7.50. The molecule has 0 radical (unpaired) electrons. The summed E-state index contributed by atoms with van der Waals surface area (Å²) < 4.78 is 0. The van der Waals surface area contributed by atoms with E-state index >= 15 is 0 Å². The second-order valence-electron chi connectivity index (χ2n) is 6.44. The van der Waals surface area contributed by atoms with Gasteiger partial charge >= 0.3 is 0 Å². The van der Waals surface area contributed by atoms with Crippen molar-refractivity contribution in [2.45, 2.75) is 85.9 Å². The van der Waals surface area contributed by atoms with Crippen molar-refractivity contribution in [1.29, 1.82) is 0 Å².